The molecule has 0 aliphatic rings. The fraction of sp³-hybridized carbons (Fsp3) is 0.214. The quantitative estimate of drug-likeness (QED) is 0.908. The lowest BCUT2D eigenvalue weighted by atomic mass is 10.1. The van der Waals surface area contributed by atoms with Gasteiger partial charge in [-0.25, -0.2) is 0 Å². The summed E-state index contributed by atoms with van der Waals surface area (Å²) in [6.07, 6.45) is 2.46. The molecule has 92 valence electrons. The third-order valence-electron chi connectivity index (χ3n) is 2.59. The normalized spacial score (nSPS) is 11.8. The number of hydrogen-bond acceptors (Lipinski definition) is 3. The molecule has 0 saturated heterocycles. The molecule has 1 aromatic carbocycles. The molecule has 1 aromatic heterocycles. The second-order valence-corrected chi connectivity index (χ2v) is 4.54. The number of nitrogens with zero attached hydrogens (tertiary/aromatic N) is 1. The van der Waals surface area contributed by atoms with Gasteiger partial charge in [-0.3, -0.25) is 0 Å². The van der Waals surface area contributed by atoms with Crippen molar-refractivity contribution in [2.24, 2.45) is 0 Å². The molecule has 0 saturated carbocycles. The highest BCUT2D eigenvalue weighted by molar-refractivity contribution is 6.32. The van der Waals surface area contributed by atoms with Crippen LogP contribution in [0.4, 0.5) is 5.69 Å². The summed E-state index contributed by atoms with van der Waals surface area (Å²) in [5.41, 5.74) is 1.39. The van der Waals surface area contributed by atoms with E-state index >= 15 is 0 Å². The van der Waals surface area contributed by atoms with E-state index < -0.39 is 0 Å². The van der Waals surface area contributed by atoms with Crippen LogP contribution in [0.25, 0.3) is 0 Å². The van der Waals surface area contributed by atoms with Gasteiger partial charge in [0.1, 0.15) is 11.8 Å². The third-order valence-corrected chi connectivity index (χ3v) is 2.90. The van der Waals surface area contributed by atoms with Crippen LogP contribution in [0.15, 0.2) is 41.0 Å². The molecule has 1 N–H and O–H groups in total. The van der Waals surface area contributed by atoms with Crippen LogP contribution < -0.4 is 5.32 Å². The Hall–Kier alpha value is -1.92. The molecule has 18 heavy (non-hydrogen) atoms. The van der Waals surface area contributed by atoms with E-state index in [1.165, 1.54) is 0 Å². The molecular weight excluding hydrogens is 248 g/mol. The van der Waals surface area contributed by atoms with Crippen LogP contribution in [0.5, 0.6) is 0 Å². The number of rotatable bonds is 4. The lowest BCUT2D eigenvalue weighted by Gasteiger charge is -2.14. The Bertz CT molecular complexity index is 558. The molecule has 0 aliphatic carbocycles. The van der Waals surface area contributed by atoms with Crippen LogP contribution in [-0.2, 0) is 6.42 Å². The molecule has 0 fully saturated rings. The van der Waals surface area contributed by atoms with E-state index in [9.17, 15) is 0 Å². The first kappa shape index (κ1) is 12.5. The minimum Gasteiger partial charge on any atom is -0.469 e. The van der Waals surface area contributed by atoms with Crippen molar-refractivity contribution in [2.45, 2.75) is 19.4 Å². The van der Waals surface area contributed by atoms with E-state index in [-0.39, 0.29) is 6.04 Å². The minimum absolute atomic E-state index is 0.222. The number of benzene rings is 1. The summed E-state index contributed by atoms with van der Waals surface area (Å²) in [5.74, 6) is 0.940. The Balaban J connectivity index is 2.01. The first-order valence-corrected chi connectivity index (χ1v) is 6.05. The van der Waals surface area contributed by atoms with Crippen molar-refractivity contribution >= 4 is 17.3 Å². The van der Waals surface area contributed by atoms with Crippen LogP contribution in [0.1, 0.15) is 18.2 Å². The average molecular weight is 261 g/mol. The molecule has 1 heterocycles. The molecule has 0 amide bonds. The second-order valence-electron chi connectivity index (χ2n) is 4.14. The van der Waals surface area contributed by atoms with E-state index in [0.29, 0.717) is 10.6 Å². The van der Waals surface area contributed by atoms with Crippen molar-refractivity contribution in [1.82, 2.24) is 0 Å². The maximum atomic E-state index is 8.80. The standard InChI is InChI=1S/C14H13ClN2O/c1-10(7-13-3-2-6-18-13)17-12-5-4-11(9-16)14(15)8-12/h2-6,8,10,17H,7H2,1H3. The van der Waals surface area contributed by atoms with Crippen LogP contribution >= 0.6 is 11.6 Å². The fourth-order valence-corrected chi connectivity index (χ4v) is 1.98. The van der Waals surface area contributed by atoms with Gasteiger partial charge < -0.3 is 9.73 Å². The van der Waals surface area contributed by atoms with Gasteiger partial charge >= 0.3 is 0 Å². The molecule has 0 aliphatic heterocycles. The smallest absolute Gasteiger partial charge is 0.105 e. The Morgan fingerprint density at radius 3 is 2.89 bits per heavy atom. The average Bonchev–Trinajstić information content (AvgIpc) is 2.82. The Morgan fingerprint density at radius 1 is 1.44 bits per heavy atom. The molecule has 3 nitrogen and oxygen atoms in total. The lowest BCUT2D eigenvalue weighted by molar-refractivity contribution is 0.498. The topological polar surface area (TPSA) is 49.0 Å². The van der Waals surface area contributed by atoms with Crippen LogP contribution in [-0.4, -0.2) is 6.04 Å². The SMILES string of the molecule is CC(Cc1ccco1)Nc1ccc(C#N)c(Cl)c1. The van der Waals surface area contributed by atoms with E-state index in [1.807, 2.05) is 24.3 Å². The molecule has 2 aromatic rings. The highest BCUT2D eigenvalue weighted by atomic mass is 35.5. The monoisotopic (exact) mass is 260 g/mol. The van der Waals surface area contributed by atoms with Crippen molar-refractivity contribution in [2.75, 3.05) is 5.32 Å². The summed E-state index contributed by atoms with van der Waals surface area (Å²) in [7, 11) is 0. The number of nitrogens with one attached hydrogen (secondary N) is 1. The minimum atomic E-state index is 0.222. The van der Waals surface area contributed by atoms with Crippen molar-refractivity contribution in [3.63, 3.8) is 0 Å². The largest absolute Gasteiger partial charge is 0.469 e. The summed E-state index contributed by atoms with van der Waals surface area (Å²) in [6.45, 7) is 2.06. The van der Waals surface area contributed by atoms with E-state index in [0.717, 1.165) is 17.9 Å². The molecule has 0 radical (unpaired) electrons. The fourth-order valence-electron chi connectivity index (χ4n) is 1.76. The molecule has 0 spiro atoms. The summed E-state index contributed by atoms with van der Waals surface area (Å²) in [6, 6.07) is 11.4. The van der Waals surface area contributed by atoms with Crippen molar-refractivity contribution < 1.29 is 4.42 Å². The maximum absolute atomic E-state index is 8.80. The first-order chi connectivity index (χ1) is 8.69. The van der Waals surface area contributed by atoms with Gasteiger partial charge in [-0.15, -0.1) is 0 Å². The van der Waals surface area contributed by atoms with Gasteiger partial charge in [-0.2, -0.15) is 5.26 Å². The lowest BCUT2D eigenvalue weighted by Crippen LogP contribution is -2.17. The maximum Gasteiger partial charge on any atom is 0.105 e. The molecule has 0 bridgehead atoms. The Kier molecular flexibility index (Phi) is 3.91. The van der Waals surface area contributed by atoms with E-state index in [2.05, 4.69) is 12.2 Å². The van der Waals surface area contributed by atoms with Crippen molar-refractivity contribution in [1.29, 1.82) is 5.26 Å². The van der Waals surface area contributed by atoms with Gasteiger partial charge in [0.05, 0.1) is 16.8 Å². The first-order valence-electron chi connectivity index (χ1n) is 5.67. The molecule has 4 heteroatoms. The second kappa shape index (κ2) is 5.61. The third kappa shape index (κ3) is 3.06. The summed E-state index contributed by atoms with van der Waals surface area (Å²) in [4.78, 5) is 0. The summed E-state index contributed by atoms with van der Waals surface area (Å²) >= 11 is 5.97. The van der Waals surface area contributed by atoms with E-state index in [1.54, 1.807) is 18.4 Å². The number of hydrogen-bond donors (Lipinski definition) is 1. The highest BCUT2D eigenvalue weighted by Gasteiger charge is 2.07. The highest BCUT2D eigenvalue weighted by Crippen LogP contribution is 2.21. The predicted octanol–water partition coefficient (Wildman–Crippen LogP) is 3.85. The number of halogens is 1. The zero-order chi connectivity index (χ0) is 13.0. The predicted molar refractivity (Wildman–Crippen MR) is 71.7 cm³/mol. The summed E-state index contributed by atoms with van der Waals surface area (Å²) in [5, 5.41) is 12.6. The molecular formula is C14H13ClN2O. The molecule has 2 rings (SSSR count). The van der Waals surface area contributed by atoms with Gasteiger partial charge in [0.25, 0.3) is 0 Å². The molecule has 1 atom stereocenters. The van der Waals surface area contributed by atoms with Crippen LogP contribution in [0.3, 0.4) is 0 Å². The number of furan rings is 1. The van der Waals surface area contributed by atoms with Gasteiger partial charge in [0, 0.05) is 18.2 Å². The van der Waals surface area contributed by atoms with E-state index in [4.69, 9.17) is 21.3 Å². The Labute approximate surface area is 111 Å². The zero-order valence-electron chi connectivity index (χ0n) is 9.98. The zero-order valence-corrected chi connectivity index (χ0v) is 10.7. The number of nitriles is 1. The number of anilines is 1. The molecule has 1 unspecified atom stereocenters. The van der Waals surface area contributed by atoms with Crippen LogP contribution in [0.2, 0.25) is 5.02 Å². The van der Waals surface area contributed by atoms with Crippen molar-refractivity contribution in [3.8, 4) is 6.07 Å². The Morgan fingerprint density at radius 2 is 2.28 bits per heavy atom. The van der Waals surface area contributed by atoms with Crippen LogP contribution in [0, 0.1) is 11.3 Å². The van der Waals surface area contributed by atoms with Gasteiger partial charge in [-0.05, 0) is 37.3 Å². The summed E-state index contributed by atoms with van der Waals surface area (Å²) < 4.78 is 5.29. The van der Waals surface area contributed by atoms with Gasteiger partial charge in [0.2, 0.25) is 0 Å². The van der Waals surface area contributed by atoms with Gasteiger partial charge in [-0.1, -0.05) is 11.6 Å². The van der Waals surface area contributed by atoms with Gasteiger partial charge in [0.15, 0.2) is 0 Å². The van der Waals surface area contributed by atoms with Crippen molar-refractivity contribution in [3.05, 3.63) is 52.9 Å².